The van der Waals surface area contributed by atoms with Gasteiger partial charge >= 0.3 is 0 Å². The van der Waals surface area contributed by atoms with E-state index in [1.807, 2.05) is 54.8 Å². The van der Waals surface area contributed by atoms with Crippen LogP contribution < -0.4 is 5.32 Å². The first kappa shape index (κ1) is 15.5. The van der Waals surface area contributed by atoms with Gasteiger partial charge in [-0.15, -0.1) is 11.3 Å². The molecule has 0 saturated carbocycles. The Morgan fingerprint density at radius 1 is 1.33 bits per heavy atom. The van der Waals surface area contributed by atoms with Gasteiger partial charge in [-0.2, -0.15) is 0 Å². The number of benzene rings is 1. The van der Waals surface area contributed by atoms with E-state index in [9.17, 15) is 9.90 Å². The van der Waals surface area contributed by atoms with Crippen LogP contribution in [0.25, 0.3) is 6.08 Å². The summed E-state index contributed by atoms with van der Waals surface area (Å²) < 4.78 is 0. The molecule has 2 rings (SSSR count). The topological polar surface area (TPSA) is 49.3 Å². The van der Waals surface area contributed by atoms with Gasteiger partial charge in [-0.05, 0) is 42.0 Å². The van der Waals surface area contributed by atoms with Crippen LogP contribution in [0.2, 0.25) is 0 Å². The van der Waals surface area contributed by atoms with Crippen LogP contribution in [0.4, 0.5) is 0 Å². The molecular weight excluding hydrogens is 282 g/mol. The first-order valence-electron chi connectivity index (χ1n) is 6.86. The molecule has 1 unspecified atom stereocenters. The molecule has 21 heavy (non-hydrogen) atoms. The number of thiophene rings is 1. The zero-order valence-corrected chi connectivity index (χ0v) is 12.8. The van der Waals surface area contributed by atoms with Gasteiger partial charge in [0.25, 0.3) is 0 Å². The van der Waals surface area contributed by atoms with Crippen molar-refractivity contribution >= 4 is 23.3 Å². The van der Waals surface area contributed by atoms with Gasteiger partial charge in [-0.3, -0.25) is 4.79 Å². The Labute approximate surface area is 128 Å². The zero-order chi connectivity index (χ0) is 15.1. The quantitative estimate of drug-likeness (QED) is 0.806. The van der Waals surface area contributed by atoms with E-state index in [2.05, 4.69) is 5.32 Å². The number of aryl methyl sites for hydroxylation is 1. The van der Waals surface area contributed by atoms with E-state index in [0.29, 0.717) is 6.42 Å². The largest absolute Gasteiger partial charge is 0.394 e. The van der Waals surface area contributed by atoms with Crippen molar-refractivity contribution in [2.45, 2.75) is 19.4 Å². The van der Waals surface area contributed by atoms with Crippen LogP contribution in [0.5, 0.6) is 0 Å². The fraction of sp³-hybridized carbons (Fsp3) is 0.235. The highest BCUT2D eigenvalue weighted by Crippen LogP contribution is 2.16. The second-order valence-corrected chi connectivity index (χ2v) is 5.83. The number of aliphatic hydroxyl groups is 1. The van der Waals surface area contributed by atoms with Crippen molar-refractivity contribution in [2.75, 3.05) is 6.61 Å². The van der Waals surface area contributed by atoms with Gasteiger partial charge in [0.1, 0.15) is 0 Å². The predicted molar refractivity (Wildman–Crippen MR) is 87.3 cm³/mol. The van der Waals surface area contributed by atoms with E-state index in [-0.39, 0.29) is 18.6 Å². The zero-order valence-electron chi connectivity index (χ0n) is 12.0. The Bertz CT molecular complexity index is 604. The van der Waals surface area contributed by atoms with Gasteiger partial charge in [0.15, 0.2) is 0 Å². The van der Waals surface area contributed by atoms with E-state index < -0.39 is 0 Å². The molecule has 1 atom stereocenters. The first-order valence-corrected chi connectivity index (χ1v) is 7.74. The molecule has 0 radical (unpaired) electrons. The lowest BCUT2D eigenvalue weighted by atomic mass is 10.1. The van der Waals surface area contributed by atoms with Crippen molar-refractivity contribution in [1.29, 1.82) is 0 Å². The van der Waals surface area contributed by atoms with Gasteiger partial charge in [0.05, 0.1) is 12.6 Å². The molecule has 110 valence electrons. The van der Waals surface area contributed by atoms with Gasteiger partial charge in [-0.1, -0.05) is 30.3 Å². The normalized spacial score (nSPS) is 12.5. The summed E-state index contributed by atoms with van der Waals surface area (Å²) in [6.07, 6.45) is 3.95. The Morgan fingerprint density at radius 3 is 2.71 bits per heavy atom. The molecule has 1 amide bonds. The molecule has 0 saturated heterocycles. The van der Waals surface area contributed by atoms with E-state index >= 15 is 0 Å². The second-order valence-electron chi connectivity index (χ2n) is 4.88. The molecule has 0 aliphatic carbocycles. The molecule has 4 heteroatoms. The monoisotopic (exact) mass is 301 g/mol. The fourth-order valence-electron chi connectivity index (χ4n) is 2.02. The minimum Gasteiger partial charge on any atom is -0.394 e. The van der Waals surface area contributed by atoms with Gasteiger partial charge in [0, 0.05) is 11.0 Å². The van der Waals surface area contributed by atoms with Crippen LogP contribution in [-0.4, -0.2) is 23.7 Å². The maximum Gasteiger partial charge on any atom is 0.244 e. The van der Waals surface area contributed by atoms with Crippen LogP contribution in [0.3, 0.4) is 0 Å². The molecule has 0 bridgehead atoms. The first-order chi connectivity index (χ1) is 10.2. The summed E-state index contributed by atoms with van der Waals surface area (Å²) in [5.74, 6) is -0.183. The van der Waals surface area contributed by atoms with E-state index in [1.165, 1.54) is 6.08 Å². The van der Waals surface area contributed by atoms with Gasteiger partial charge < -0.3 is 10.4 Å². The maximum absolute atomic E-state index is 11.9. The number of carbonyl (C=O) groups is 1. The SMILES string of the molecule is Cc1ccsc1C=CC(=O)NC(CO)Cc1ccccc1. The third-order valence-corrected chi connectivity index (χ3v) is 4.16. The highest BCUT2D eigenvalue weighted by molar-refractivity contribution is 7.11. The lowest BCUT2D eigenvalue weighted by molar-refractivity contribution is -0.117. The van der Waals surface area contributed by atoms with Crippen molar-refractivity contribution in [2.24, 2.45) is 0 Å². The molecule has 2 N–H and O–H groups in total. The van der Waals surface area contributed by atoms with Crippen molar-refractivity contribution in [3.8, 4) is 0 Å². The minimum absolute atomic E-state index is 0.0769. The molecule has 0 aliphatic rings. The number of aliphatic hydroxyl groups excluding tert-OH is 1. The predicted octanol–water partition coefficient (Wildman–Crippen LogP) is 2.79. The average Bonchev–Trinajstić information content (AvgIpc) is 2.91. The van der Waals surface area contributed by atoms with Crippen molar-refractivity contribution in [3.05, 3.63) is 63.9 Å². The fourth-order valence-corrected chi connectivity index (χ4v) is 2.84. The summed E-state index contributed by atoms with van der Waals surface area (Å²) in [7, 11) is 0. The number of carbonyl (C=O) groups excluding carboxylic acids is 1. The van der Waals surface area contributed by atoms with E-state index in [0.717, 1.165) is 16.0 Å². The Hall–Kier alpha value is -1.91. The summed E-state index contributed by atoms with van der Waals surface area (Å²) in [5, 5.41) is 14.2. The smallest absolute Gasteiger partial charge is 0.244 e. The molecule has 1 aromatic heterocycles. The average molecular weight is 301 g/mol. The van der Waals surface area contributed by atoms with Crippen LogP contribution in [0, 0.1) is 6.92 Å². The lowest BCUT2D eigenvalue weighted by Gasteiger charge is -2.15. The Balaban J connectivity index is 1.91. The Kier molecular flexibility index (Phi) is 5.72. The molecule has 0 aliphatic heterocycles. The third-order valence-electron chi connectivity index (χ3n) is 3.18. The van der Waals surface area contributed by atoms with Crippen molar-refractivity contribution in [3.63, 3.8) is 0 Å². The molecule has 3 nitrogen and oxygen atoms in total. The lowest BCUT2D eigenvalue weighted by Crippen LogP contribution is -2.38. The highest BCUT2D eigenvalue weighted by atomic mass is 32.1. The van der Waals surface area contributed by atoms with Crippen LogP contribution in [0.1, 0.15) is 16.0 Å². The van der Waals surface area contributed by atoms with Crippen LogP contribution >= 0.6 is 11.3 Å². The van der Waals surface area contributed by atoms with Crippen LogP contribution in [-0.2, 0) is 11.2 Å². The number of amides is 1. The molecule has 0 spiro atoms. The number of hydrogen-bond donors (Lipinski definition) is 2. The van der Waals surface area contributed by atoms with Gasteiger partial charge in [-0.25, -0.2) is 0 Å². The van der Waals surface area contributed by atoms with Crippen molar-refractivity contribution < 1.29 is 9.90 Å². The summed E-state index contributed by atoms with van der Waals surface area (Å²) in [6.45, 7) is 1.94. The third kappa shape index (κ3) is 4.85. The molecular formula is C17H19NO2S. The highest BCUT2D eigenvalue weighted by Gasteiger charge is 2.10. The molecule has 0 fully saturated rings. The second kappa shape index (κ2) is 7.76. The Morgan fingerprint density at radius 2 is 2.10 bits per heavy atom. The molecule has 1 heterocycles. The van der Waals surface area contributed by atoms with Crippen molar-refractivity contribution in [1.82, 2.24) is 5.32 Å². The molecule has 2 aromatic rings. The number of rotatable bonds is 6. The summed E-state index contributed by atoms with van der Waals surface area (Å²) in [4.78, 5) is 13.0. The van der Waals surface area contributed by atoms with Gasteiger partial charge in [0.2, 0.25) is 5.91 Å². The summed E-state index contributed by atoms with van der Waals surface area (Å²) >= 11 is 1.60. The number of hydrogen-bond acceptors (Lipinski definition) is 3. The van der Waals surface area contributed by atoms with E-state index in [1.54, 1.807) is 11.3 Å². The summed E-state index contributed by atoms with van der Waals surface area (Å²) in [5.41, 5.74) is 2.25. The standard InChI is InChI=1S/C17H19NO2S/c1-13-9-10-21-16(13)7-8-17(20)18-15(12-19)11-14-5-3-2-4-6-14/h2-10,15,19H,11-12H2,1H3,(H,18,20). The van der Waals surface area contributed by atoms with E-state index in [4.69, 9.17) is 0 Å². The minimum atomic E-state index is -0.269. The number of nitrogens with one attached hydrogen (secondary N) is 1. The van der Waals surface area contributed by atoms with Crippen LogP contribution in [0.15, 0.2) is 47.9 Å². The summed E-state index contributed by atoms with van der Waals surface area (Å²) in [6, 6.07) is 11.6. The molecule has 1 aromatic carbocycles. The maximum atomic E-state index is 11.9.